The molecule has 1 N–H and O–H groups in total. The van der Waals surface area contributed by atoms with Crippen LogP contribution in [0, 0.1) is 5.82 Å². The molecule has 20 heavy (non-hydrogen) atoms. The molecule has 1 aliphatic rings. The molecule has 5 nitrogen and oxygen atoms in total. The molecule has 2 heterocycles. The van der Waals surface area contributed by atoms with Gasteiger partial charge in [0.1, 0.15) is 0 Å². The number of hydrogen-bond acceptors (Lipinski definition) is 2. The predicted molar refractivity (Wildman–Crippen MR) is 73.1 cm³/mol. The van der Waals surface area contributed by atoms with Crippen LogP contribution in [0.15, 0.2) is 24.4 Å². The van der Waals surface area contributed by atoms with Gasteiger partial charge in [0.2, 0.25) is 5.91 Å². The zero-order chi connectivity index (χ0) is 14.3. The van der Waals surface area contributed by atoms with Gasteiger partial charge in [0.25, 0.3) is 0 Å². The Morgan fingerprint density at radius 3 is 2.80 bits per heavy atom. The smallest absolute Gasteiger partial charge is 0.328 e. The molecule has 2 aromatic rings. The molecule has 0 unspecified atom stereocenters. The number of anilines is 1. The van der Waals surface area contributed by atoms with Crippen LogP contribution in [-0.2, 0) is 11.3 Å². The zero-order valence-corrected chi connectivity index (χ0v) is 11.0. The van der Waals surface area contributed by atoms with Gasteiger partial charge in [-0.3, -0.25) is 15.0 Å². The molecule has 1 fully saturated rings. The predicted octanol–water partition coefficient (Wildman–Crippen LogP) is 2.25. The van der Waals surface area contributed by atoms with Crippen molar-refractivity contribution in [2.75, 3.05) is 11.4 Å². The monoisotopic (exact) mass is 275 g/mol. The largest absolute Gasteiger partial charge is 0.348 e. The lowest BCUT2D eigenvalue weighted by atomic mass is 10.2. The number of urea groups is 1. The summed E-state index contributed by atoms with van der Waals surface area (Å²) in [6.07, 6.45) is 2.00. The number of carbonyl (C=O) groups is 2. The van der Waals surface area contributed by atoms with Crippen molar-refractivity contribution in [3.05, 3.63) is 30.2 Å². The number of amides is 3. The van der Waals surface area contributed by atoms with Crippen LogP contribution < -0.4 is 10.2 Å². The topological polar surface area (TPSA) is 54.3 Å². The Morgan fingerprint density at radius 2 is 2.10 bits per heavy atom. The molecule has 1 aromatic carbocycles. The first-order valence-corrected chi connectivity index (χ1v) is 6.50. The van der Waals surface area contributed by atoms with E-state index < -0.39 is 11.8 Å². The Hall–Kier alpha value is -2.37. The van der Waals surface area contributed by atoms with Gasteiger partial charge in [-0.15, -0.1) is 0 Å². The lowest BCUT2D eigenvalue weighted by Gasteiger charge is -2.27. The van der Waals surface area contributed by atoms with Gasteiger partial charge in [-0.05, 0) is 25.1 Å². The number of halogens is 1. The van der Waals surface area contributed by atoms with Crippen molar-refractivity contribution in [1.82, 2.24) is 9.88 Å². The lowest BCUT2D eigenvalue weighted by molar-refractivity contribution is -0.120. The summed E-state index contributed by atoms with van der Waals surface area (Å²) in [5.74, 6) is -0.760. The van der Waals surface area contributed by atoms with Crippen LogP contribution in [0.1, 0.15) is 13.3 Å². The number of imide groups is 1. The van der Waals surface area contributed by atoms with E-state index in [4.69, 9.17) is 0 Å². The summed E-state index contributed by atoms with van der Waals surface area (Å²) in [5.41, 5.74) is 0.999. The highest BCUT2D eigenvalue weighted by Crippen LogP contribution is 2.29. The number of benzene rings is 1. The molecule has 1 aromatic heterocycles. The first-order valence-electron chi connectivity index (χ1n) is 6.50. The van der Waals surface area contributed by atoms with Gasteiger partial charge in [0.15, 0.2) is 5.82 Å². The molecule has 104 valence electrons. The normalized spacial score (nSPS) is 15.8. The third-order valence-electron chi connectivity index (χ3n) is 3.55. The second-order valence-electron chi connectivity index (χ2n) is 4.69. The molecule has 0 atom stereocenters. The molecular weight excluding hydrogens is 261 g/mol. The number of carbonyl (C=O) groups excluding carboxylic acids is 2. The minimum absolute atomic E-state index is 0.180. The van der Waals surface area contributed by atoms with E-state index in [-0.39, 0.29) is 24.6 Å². The molecule has 1 saturated heterocycles. The van der Waals surface area contributed by atoms with Crippen LogP contribution in [0.3, 0.4) is 0 Å². The maximum absolute atomic E-state index is 14.6. The number of fused-ring (bicyclic) bond motifs is 1. The molecule has 0 saturated carbocycles. The minimum Gasteiger partial charge on any atom is -0.348 e. The number of aromatic nitrogens is 1. The molecule has 3 amide bonds. The van der Waals surface area contributed by atoms with Crippen molar-refractivity contribution >= 4 is 28.5 Å². The van der Waals surface area contributed by atoms with Gasteiger partial charge in [0, 0.05) is 31.1 Å². The van der Waals surface area contributed by atoms with Crippen LogP contribution >= 0.6 is 0 Å². The van der Waals surface area contributed by atoms with Crippen LogP contribution in [0.4, 0.5) is 14.9 Å². The Morgan fingerprint density at radius 1 is 1.30 bits per heavy atom. The van der Waals surface area contributed by atoms with Gasteiger partial charge in [0.05, 0.1) is 11.2 Å². The van der Waals surface area contributed by atoms with E-state index in [1.165, 1.54) is 4.90 Å². The average Bonchev–Trinajstić information content (AvgIpc) is 2.84. The van der Waals surface area contributed by atoms with E-state index in [9.17, 15) is 14.0 Å². The Balaban J connectivity index is 2.06. The number of rotatable bonds is 2. The SMILES string of the molecule is CCn1ccc2c(F)c(N3CCC(=O)NC3=O)ccc21. The summed E-state index contributed by atoms with van der Waals surface area (Å²) in [6.45, 7) is 2.93. The summed E-state index contributed by atoms with van der Waals surface area (Å²) in [4.78, 5) is 24.2. The molecule has 0 radical (unpaired) electrons. The molecular formula is C14H14FN3O2. The third-order valence-corrected chi connectivity index (χ3v) is 3.55. The van der Waals surface area contributed by atoms with Crippen LogP contribution in [-0.4, -0.2) is 23.1 Å². The molecule has 1 aliphatic heterocycles. The summed E-state index contributed by atoms with van der Waals surface area (Å²) in [6, 6.07) is 4.50. The molecule has 0 spiro atoms. The second-order valence-corrected chi connectivity index (χ2v) is 4.69. The molecule has 3 rings (SSSR count). The Bertz CT molecular complexity index is 708. The standard InChI is InChI=1S/C14H14FN3O2/c1-2-17-7-5-9-10(17)3-4-11(13(9)15)18-8-6-12(19)16-14(18)20/h3-5,7H,2,6,8H2,1H3,(H,16,19,20). The zero-order valence-electron chi connectivity index (χ0n) is 11.0. The fourth-order valence-electron chi connectivity index (χ4n) is 2.50. The van der Waals surface area contributed by atoms with Crippen molar-refractivity contribution in [2.24, 2.45) is 0 Å². The molecule has 0 aliphatic carbocycles. The maximum Gasteiger partial charge on any atom is 0.328 e. The van der Waals surface area contributed by atoms with Crippen LogP contribution in [0.25, 0.3) is 10.9 Å². The lowest BCUT2D eigenvalue weighted by Crippen LogP contribution is -2.49. The van der Waals surface area contributed by atoms with Gasteiger partial charge < -0.3 is 4.57 Å². The molecule has 6 heteroatoms. The summed E-state index contributed by atoms with van der Waals surface area (Å²) in [5, 5.41) is 2.68. The first-order chi connectivity index (χ1) is 9.61. The third kappa shape index (κ3) is 1.84. The minimum atomic E-state index is -0.575. The maximum atomic E-state index is 14.6. The quantitative estimate of drug-likeness (QED) is 0.914. The van der Waals surface area contributed by atoms with E-state index in [1.54, 1.807) is 18.2 Å². The number of nitrogens with one attached hydrogen (secondary N) is 1. The van der Waals surface area contributed by atoms with E-state index in [1.807, 2.05) is 17.7 Å². The van der Waals surface area contributed by atoms with Gasteiger partial charge in [-0.1, -0.05) is 0 Å². The van der Waals surface area contributed by atoms with Gasteiger partial charge in [-0.2, -0.15) is 0 Å². The average molecular weight is 275 g/mol. The Kier molecular flexibility index (Phi) is 2.93. The number of nitrogens with zero attached hydrogens (tertiary/aromatic N) is 2. The number of aryl methyl sites for hydroxylation is 1. The fourth-order valence-corrected chi connectivity index (χ4v) is 2.50. The fraction of sp³-hybridized carbons (Fsp3) is 0.286. The van der Waals surface area contributed by atoms with Crippen LogP contribution in [0.2, 0.25) is 0 Å². The highest BCUT2D eigenvalue weighted by atomic mass is 19.1. The van der Waals surface area contributed by atoms with Crippen molar-refractivity contribution < 1.29 is 14.0 Å². The van der Waals surface area contributed by atoms with Crippen molar-refractivity contribution in [2.45, 2.75) is 19.9 Å². The Labute approximate surface area is 115 Å². The van der Waals surface area contributed by atoms with Crippen LogP contribution in [0.5, 0.6) is 0 Å². The second kappa shape index (κ2) is 4.63. The highest BCUT2D eigenvalue weighted by Gasteiger charge is 2.27. The van der Waals surface area contributed by atoms with E-state index in [0.29, 0.717) is 5.39 Å². The summed E-state index contributed by atoms with van der Waals surface area (Å²) in [7, 11) is 0. The van der Waals surface area contributed by atoms with E-state index in [0.717, 1.165) is 12.1 Å². The number of hydrogen-bond donors (Lipinski definition) is 1. The van der Waals surface area contributed by atoms with E-state index in [2.05, 4.69) is 5.32 Å². The van der Waals surface area contributed by atoms with Gasteiger partial charge in [-0.25, -0.2) is 9.18 Å². The summed E-state index contributed by atoms with van der Waals surface area (Å²) < 4.78 is 16.5. The van der Waals surface area contributed by atoms with E-state index >= 15 is 0 Å². The highest BCUT2D eigenvalue weighted by molar-refractivity contribution is 6.06. The first kappa shape index (κ1) is 12.7. The molecule has 0 bridgehead atoms. The van der Waals surface area contributed by atoms with Crippen molar-refractivity contribution in [3.63, 3.8) is 0 Å². The summed E-state index contributed by atoms with van der Waals surface area (Å²) >= 11 is 0. The van der Waals surface area contributed by atoms with Gasteiger partial charge >= 0.3 is 6.03 Å². The van der Waals surface area contributed by atoms with Crippen molar-refractivity contribution in [3.8, 4) is 0 Å². The van der Waals surface area contributed by atoms with Crippen molar-refractivity contribution in [1.29, 1.82) is 0 Å².